The van der Waals surface area contributed by atoms with Gasteiger partial charge in [0.1, 0.15) is 36.3 Å². The van der Waals surface area contributed by atoms with Crippen molar-refractivity contribution in [3.8, 4) is 0 Å². The second-order valence-electron chi connectivity index (χ2n) is 9.91. The highest BCUT2D eigenvalue weighted by Crippen LogP contribution is 2.58. The zero-order valence-electron chi connectivity index (χ0n) is 23.0. The number of nitrogens with zero attached hydrogens (tertiary/aromatic N) is 5. The monoisotopic (exact) mass is 715 g/mol. The van der Waals surface area contributed by atoms with Crippen LogP contribution in [0.4, 0.5) is 11.5 Å². The van der Waals surface area contributed by atoms with Crippen LogP contribution < -0.4 is 21.1 Å². The Morgan fingerprint density at radius 2 is 1.65 bits per heavy atom. The molecule has 0 saturated carbocycles. The van der Waals surface area contributed by atoms with Crippen LogP contribution in [0.1, 0.15) is 12.5 Å². The minimum atomic E-state index is -5.48. The van der Waals surface area contributed by atoms with Gasteiger partial charge in [0.25, 0.3) is 6.23 Å². The van der Waals surface area contributed by atoms with Crippen molar-refractivity contribution in [2.75, 3.05) is 24.7 Å². The van der Waals surface area contributed by atoms with Gasteiger partial charge in [-0.3, -0.25) is 18.1 Å². The summed E-state index contributed by atoms with van der Waals surface area (Å²) >= 11 is 0. The number of phosphoric ester groups is 2. The molecule has 3 aromatic heterocycles. The molecular formula is C20H28N7O16P3. The number of ether oxygens (including phenoxy) is 2. The first-order valence-electron chi connectivity index (χ1n) is 12.9. The lowest BCUT2D eigenvalue weighted by Gasteiger charge is -2.25. The van der Waals surface area contributed by atoms with Crippen LogP contribution in [-0.4, -0.2) is 99.1 Å². The molecule has 2 fully saturated rings. The lowest BCUT2D eigenvalue weighted by molar-refractivity contribution is -0.781. The molecule has 46 heavy (non-hydrogen) atoms. The third kappa shape index (κ3) is 7.77. The smallest absolute Gasteiger partial charge is 0.481 e. The Morgan fingerprint density at radius 3 is 2.33 bits per heavy atom. The van der Waals surface area contributed by atoms with Crippen LogP contribution in [0.3, 0.4) is 0 Å². The van der Waals surface area contributed by atoms with Crippen molar-refractivity contribution in [2.45, 2.75) is 49.1 Å². The van der Waals surface area contributed by atoms with E-state index in [1.807, 2.05) is 0 Å². The number of aliphatic hydroxyl groups is 2. The molecule has 2 unspecified atom stereocenters. The molecule has 3 aromatic rings. The van der Waals surface area contributed by atoms with Gasteiger partial charge in [-0.2, -0.15) is 8.88 Å². The van der Waals surface area contributed by atoms with E-state index in [1.165, 1.54) is 23.0 Å². The normalized spacial score (nSPS) is 31.2. The van der Waals surface area contributed by atoms with Crippen LogP contribution in [0.25, 0.3) is 11.2 Å². The van der Waals surface area contributed by atoms with Crippen molar-refractivity contribution in [3.05, 3.63) is 37.2 Å². The predicted molar refractivity (Wildman–Crippen MR) is 144 cm³/mol. The fourth-order valence-electron chi connectivity index (χ4n) is 4.69. The van der Waals surface area contributed by atoms with E-state index >= 15 is 0 Å². The SMILES string of the molecule is Nc1ccc[n+]([C@@H]2O[C@H](COP(=O)(O)O[C@@H]3[C@H](O)[C@@H](COP(=O)(O)OP(=O)(O)O)O[C@H]3n3cnc4c(N)ncnc43)[C@@H](O)[C@H]2[O-])c1. The number of pyridine rings is 1. The Kier molecular flexibility index (Phi) is 9.96. The third-order valence-corrected chi connectivity index (χ3v) is 9.83. The number of nitrogen functional groups attached to an aromatic ring is 2. The van der Waals surface area contributed by atoms with Gasteiger partial charge in [-0.25, -0.2) is 28.6 Å². The lowest BCUT2D eigenvalue weighted by Crippen LogP contribution is -2.51. The van der Waals surface area contributed by atoms with Gasteiger partial charge in [-0.15, -0.1) is 0 Å². The minimum Gasteiger partial charge on any atom is -0.843 e. The molecule has 26 heteroatoms. The zero-order valence-corrected chi connectivity index (χ0v) is 25.7. The van der Waals surface area contributed by atoms with E-state index in [1.54, 1.807) is 6.07 Å². The van der Waals surface area contributed by atoms with Crippen LogP contribution in [0.15, 0.2) is 37.2 Å². The van der Waals surface area contributed by atoms with Crippen LogP contribution in [0.2, 0.25) is 0 Å². The fraction of sp³-hybridized carbons (Fsp3) is 0.500. The first-order valence-corrected chi connectivity index (χ1v) is 17.4. The number of phosphoric acid groups is 3. The maximum Gasteiger partial charge on any atom is 0.481 e. The number of fused-ring (bicyclic) bond motifs is 1. The highest BCUT2D eigenvalue weighted by Gasteiger charge is 2.51. The molecule has 2 aliphatic heterocycles. The number of aliphatic hydroxyl groups excluding tert-OH is 2. The Labute approximate surface area is 257 Å². The second-order valence-corrected chi connectivity index (χ2v) is 14.2. The van der Waals surface area contributed by atoms with Gasteiger partial charge in [0, 0.05) is 6.07 Å². The maximum absolute atomic E-state index is 13.1. The van der Waals surface area contributed by atoms with Crippen molar-refractivity contribution in [1.82, 2.24) is 19.5 Å². The average Bonchev–Trinajstić information content (AvgIpc) is 3.60. The summed E-state index contributed by atoms with van der Waals surface area (Å²) in [5.41, 5.74) is 11.9. The Hall–Kier alpha value is -2.53. The van der Waals surface area contributed by atoms with Crippen LogP contribution >= 0.6 is 23.5 Å². The average molecular weight is 715 g/mol. The van der Waals surface area contributed by atoms with Crippen LogP contribution in [0.5, 0.6) is 0 Å². The van der Waals surface area contributed by atoms with E-state index in [0.717, 1.165) is 17.2 Å². The maximum atomic E-state index is 13.1. The standard InChI is InChI=1S/C20H28N7O16P3/c21-9-2-1-3-26(4-9)19-15(30)13(28)10(40-19)5-38-45(34,35)42-16-14(29)11(6-39-46(36,37)43-44(31,32)33)41-20(16)27-8-25-12-17(22)23-7-24-18(12)27/h1-4,7-8,10-11,13-16,19-20,28-29H,5-6,21H2,(H,34,35)(H,36,37)(H2,22,23,24)(H2,31,32,33)/t10-,11-,13-,14-,15-,16-,19-,20-/m1/s1. The largest absolute Gasteiger partial charge is 0.843 e. The number of nitrogens with two attached hydrogens (primary N) is 2. The van der Waals surface area contributed by atoms with E-state index in [0.29, 0.717) is 5.69 Å². The summed E-state index contributed by atoms with van der Waals surface area (Å²) < 4.78 is 68.1. The van der Waals surface area contributed by atoms with Gasteiger partial charge >= 0.3 is 23.5 Å². The van der Waals surface area contributed by atoms with Crippen molar-refractivity contribution in [1.29, 1.82) is 0 Å². The quantitative estimate of drug-likeness (QED) is 0.0682. The molecule has 10 N–H and O–H groups in total. The Balaban J connectivity index is 1.33. The molecule has 5 rings (SSSR count). The minimum absolute atomic E-state index is 0.000257. The van der Waals surface area contributed by atoms with E-state index in [-0.39, 0.29) is 17.0 Å². The summed E-state index contributed by atoms with van der Waals surface area (Å²) in [7, 11) is -16.1. The highest BCUT2D eigenvalue weighted by molar-refractivity contribution is 7.60. The molecule has 0 bridgehead atoms. The first-order chi connectivity index (χ1) is 21.4. The first kappa shape index (κ1) is 34.8. The lowest BCUT2D eigenvalue weighted by atomic mass is 10.1. The van der Waals surface area contributed by atoms with Crippen molar-refractivity contribution in [2.24, 2.45) is 0 Å². The van der Waals surface area contributed by atoms with E-state index in [2.05, 4.69) is 23.8 Å². The van der Waals surface area contributed by atoms with E-state index < -0.39 is 85.8 Å². The van der Waals surface area contributed by atoms with Gasteiger partial charge in [0.2, 0.25) is 0 Å². The molecule has 0 aromatic carbocycles. The van der Waals surface area contributed by atoms with Crippen molar-refractivity contribution < 1.29 is 80.5 Å². The third-order valence-electron chi connectivity index (χ3n) is 6.69. The number of rotatable bonds is 12. The molecule has 5 heterocycles. The summed E-state index contributed by atoms with van der Waals surface area (Å²) in [5.74, 6) is -0.0620. The summed E-state index contributed by atoms with van der Waals surface area (Å²) in [6.07, 6.45) is -8.12. The van der Waals surface area contributed by atoms with Gasteiger partial charge < -0.3 is 55.8 Å². The molecule has 2 aliphatic rings. The Bertz CT molecular complexity index is 1710. The van der Waals surface area contributed by atoms with Gasteiger partial charge in [-0.1, -0.05) is 0 Å². The summed E-state index contributed by atoms with van der Waals surface area (Å²) in [5, 5.41) is 34.1. The van der Waals surface area contributed by atoms with E-state index in [4.69, 9.17) is 39.8 Å². The predicted octanol–water partition coefficient (Wildman–Crippen LogP) is -3.05. The summed E-state index contributed by atoms with van der Waals surface area (Å²) in [6.45, 7) is -1.89. The van der Waals surface area contributed by atoms with Gasteiger partial charge in [0.15, 0.2) is 30.1 Å². The molecule has 2 saturated heterocycles. The number of hydrogen-bond donors (Lipinski definition) is 8. The van der Waals surface area contributed by atoms with Gasteiger partial charge in [0.05, 0.1) is 31.3 Å². The topological polar surface area (TPSA) is 351 Å². The number of hydrogen-bond acceptors (Lipinski definition) is 17. The molecule has 0 radical (unpaired) electrons. The second kappa shape index (κ2) is 13.2. The molecule has 10 atom stereocenters. The summed E-state index contributed by atoms with van der Waals surface area (Å²) in [4.78, 5) is 49.7. The zero-order chi connectivity index (χ0) is 33.6. The molecule has 23 nitrogen and oxygen atoms in total. The highest BCUT2D eigenvalue weighted by atomic mass is 31.3. The molecule has 254 valence electrons. The van der Waals surface area contributed by atoms with Crippen LogP contribution in [0, 0.1) is 0 Å². The molecular weight excluding hydrogens is 687 g/mol. The summed E-state index contributed by atoms with van der Waals surface area (Å²) in [6, 6.07) is 3.09. The molecule has 0 amide bonds. The number of anilines is 2. The van der Waals surface area contributed by atoms with Crippen LogP contribution in [-0.2, 0) is 41.1 Å². The Morgan fingerprint density at radius 1 is 0.978 bits per heavy atom. The van der Waals surface area contributed by atoms with Crippen molar-refractivity contribution >= 4 is 46.1 Å². The van der Waals surface area contributed by atoms with Gasteiger partial charge in [-0.05, 0) is 12.2 Å². The number of aromatic nitrogens is 5. The number of imidazole rings is 1. The molecule has 0 spiro atoms. The van der Waals surface area contributed by atoms with Crippen molar-refractivity contribution in [3.63, 3.8) is 0 Å². The fourth-order valence-corrected chi connectivity index (χ4v) is 7.22. The molecule has 0 aliphatic carbocycles. The van der Waals surface area contributed by atoms with E-state index in [9.17, 15) is 38.8 Å².